The molecular weight excluding hydrogens is 210 g/mol. The van der Waals surface area contributed by atoms with Crippen LogP contribution in [-0.4, -0.2) is 41.2 Å². The van der Waals surface area contributed by atoms with E-state index in [9.17, 15) is 4.79 Å². The van der Waals surface area contributed by atoms with Crippen molar-refractivity contribution in [3.05, 3.63) is 12.4 Å². The first-order chi connectivity index (χ1) is 7.67. The summed E-state index contributed by atoms with van der Waals surface area (Å²) in [5.74, 6) is 2.06. The summed E-state index contributed by atoms with van der Waals surface area (Å²) >= 11 is 0. The molecule has 1 aromatic rings. The Balaban J connectivity index is 2.91. The highest BCUT2D eigenvalue weighted by molar-refractivity contribution is 5.73. The zero-order valence-corrected chi connectivity index (χ0v) is 8.75. The molecule has 0 spiro atoms. The Morgan fingerprint density at radius 3 is 3.00 bits per heavy atom. The Bertz CT molecular complexity index is 414. The molecule has 0 atom stereocenters. The van der Waals surface area contributed by atoms with Crippen molar-refractivity contribution in [3.63, 3.8) is 0 Å². The molecule has 6 heteroatoms. The van der Waals surface area contributed by atoms with Crippen molar-refractivity contribution in [3.8, 4) is 18.2 Å². The van der Waals surface area contributed by atoms with Gasteiger partial charge in [0.15, 0.2) is 5.82 Å². The van der Waals surface area contributed by atoms with Gasteiger partial charge >= 0.3 is 5.97 Å². The van der Waals surface area contributed by atoms with Crippen LogP contribution in [0.1, 0.15) is 0 Å². The van der Waals surface area contributed by atoms with Gasteiger partial charge in [0.2, 0.25) is 5.88 Å². The van der Waals surface area contributed by atoms with E-state index in [0.717, 1.165) is 0 Å². The first kappa shape index (κ1) is 11.8. The number of aromatic nitrogens is 2. The third kappa shape index (κ3) is 3.13. The predicted octanol–water partition coefficient (Wildman–Crippen LogP) is 0.00940. The molecule has 1 N–H and O–H groups in total. The maximum Gasteiger partial charge on any atom is 0.323 e. The van der Waals surface area contributed by atoms with Gasteiger partial charge in [0.1, 0.15) is 6.54 Å². The zero-order chi connectivity index (χ0) is 12.0. The minimum atomic E-state index is -0.986. The van der Waals surface area contributed by atoms with Crippen LogP contribution in [-0.2, 0) is 4.79 Å². The fourth-order valence-electron chi connectivity index (χ4n) is 1.08. The van der Waals surface area contributed by atoms with Gasteiger partial charge < -0.3 is 14.7 Å². The fraction of sp³-hybridized carbons (Fsp3) is 0.300. The van der Waals surface area contributed by atoms with E-state index in [0.29, 0.717) is 11.7 Å². The topological polar surface area (TPSA) is 75.6 Å². The average molecular weight is 221 g/mol. The number of nitrogens with zero attached hydrogens (tertiary/aromatic N) is 3. The Hall–Kier alpha value is -2.29. The molecule has 1 heterocycles. The smallest absolute Gasteiger partial charge is 0.323 e. The van der Waals surface area contributed by atoms with Crippen molar-refractivity contribution in [1.82, 2.24) is 9.97 Å². The molecule has 0 fully saturated rings. The average Bonchev–Trinajstić information content (AvgIpc) is 2.28. The molecule has 0 aliphatic carbocycles. The zero-order valence-electron chi connectivity index (χ0n) is 8.75. The molecule has 0 saturated heterocycles. The molecule has 6 nitrogen and oxygen atoms in total. The van der Waals surface area contributed by atoms with E-state index in [2.05, 4.69) is 15.9 Å². The summed E-state index contributed by atoms with van der Waals surface area (Å²) in [5.41, 5.74) is 0. The van der Waals surface area contributed by atoms with E-state index in [1.807, 2.05) is 0 Å². The van der Waals surface area contributed by atoms with Crippen LogP contribution in [0.5, 0.6) is 5.88 Å². The van der Waals surface area contributed by atoms with Gasteiger partial charge in [-0.05, 0) is 0 Å². The molecule has 0 aliphatic heterocycles. The number of carboxylic acids is 1. The molecule has 0 aliphatic rings. The molecule has 0 amide bonds. The second kappa shape index (κ2) is 5.56. The summed E-state index contributed by atoms with van der Waals surface area (Å²) in [4.78, 5) is 20.0. The molecule has 0 saturated carbocycles. The Morgan fingerprint density at radius 2 is 2.44 bits per heavy atom. The minimum absolute atomic E-state index is 0.147. The summed E-state index contributed by atoms with van der Waals surface area (Å²) < 4.78 is 4.89. The van der Waals surface area contributed by atoms with E-state index >= 15 is 0 Å². The van der Waals surface area contributed by atoms with E-state index in [1.165, 1.54) is 24.4 Å². The Kier molecular flexibility index (Phi) is 4.09. The number of methoxy groups -OCH3 is 1. The number of hydrogen-bond donors (Lipinski definition) is 1. The summed E-state index contributed by atoms with van der Waals surface area (Å²) in [6.07, 6.45) is 8.01. The van der Waals surface area contributed by atoms with Crippen LogP contribution in [0.15, 0.2) is 12.4 Å². The molecule has 0 unspecified atom stereocenters. The molecule has 0 bridgehead atoms. The molecule has 1 rings (SSSR count). The number of terminal acetylenes is 1. The van der Waals surface area contributed by atoms with E-state index < -0.39 is 5.97 Å². The lowest BCUT2D eigenvalue weighted by Crippen LogP contribution is -2.30. The number of anilines is 1. The largest absolute Gasteiger partial charge is 0.480 e. The first-order valence-electron chi connectivity index (χ1n) is 4.43. The predicted molar refractivity (Wildman–Crippen MR) is 57.3 cm³/mol. The highest BCUT2D eigenvalue weighted by Crippen LogP contribution is 2.12. The van der Waals surface area contributed by atoms with E-state index in [1.54, 1.807) is 0 Å². The number of ether oxygens (including phenoxy) is 1. The molecule has 0 radical (unpaired) electrons. The van der Waals surface area contributed by atoms with E-state index in [-0.39, 0.29) is 13.1 Å². The first-order valence-corrected chi connectivity index (χ1v) is 4.43. The van der Waals surface area contributed by atoms with Gasteiger partial charge in [-0.1, -0.05) is 5.92 Å². The lowest BCUT2D eigenvalue weighted by molar-refractivity contribution is -0.135. The second-order valence-electron chi connectivity index (χ2n) is 2.87. The molecule has 0 aromatic carbocycles. The molecular formula is C10H11N3O3. The van der Waals surface area contributed by atoms with Crippen LogP contribution in [0.4, 0.5) is 5.82 Å². The number of rotatable bonds is 5. The third-order valence-corrected chi connectivity index (χ3v) is 1.74. The van der Waals surface area contributed by atoms with Gasteiger partial charge in [-0.3, -0.25) is 9.78 Å². The monoisotopic (exact) mass is 221 g/mol. The van der Waals surface area contributed by atoms with Crippen LogP contribution in [0, 0.1) is 12.3 Å². The van der Waals surface area contributed by atoms with Crippen molar-refractivity contribution in [2.45, 2.75) is 0 Å². The number of carbonyl (C=O) groups is 1. The standard InChI is InChI=1S/C10H11N3O3/c1-3-4-13(7-10(14)15)8-5-11-6-9(12-8)16-2/h1,5-6H,4,7H2,2H3,(H,14,15). The summed E-state index contributed by atoms with van der Waals surface area (Å²) in [6, 6.07) is 0. The van der Waals surface area contributed by atoms with Crippen molar-refractivity contribution >= 4 is 11.8 Å². The maximum absolute atomic E-state index is 10.6. The third-order valence-electron chi connectivity index (χ3n) is 1.74. The maximum atomic E-state index is 10.6. The Labute approximate surface area is 92.9 Å². The quantitative estimate of drug-likeness (QED) is 0.706. The van der Waals surface area contributed by atoms with Crippen LogP contribution >= 0.6 is 0 Å². The van der Waals surface area contributed by atoms with Gasteiger partial charge in [-0.15, -0.1) is 6.42 Å². The normalized spacial score (nSPS) is 9.25. The molecule has 16 heavy (non-hydrogen) atoms. The summed E-state index contributed by atoms with van der Waals surface area (Å²) in [7, 11) is 1.45. The lowest BCUT2D eigenvalue weighted by Gasteiger charge is -2.18. The summed E-state index contributed by atoms with van der Waals surface area (Å²) in [5, 5.41) is 8.71. The van der Waals surface area contributed by atoms with Crippen molar-refractivity contribution in [2.24, 2.45) is 0 Å². The molecule has 84 valence electrons. The van der Waals surface area contributed by atoms with Crippen LogP contribution < -0.4 is 9.64 Å². The molecule has 1 aromatic heterocycles. The lowest BCUT2D eigenvalue weighted by atomic mass is 10.4. The summed E-state index contributed by atoms with van der Waals surface area (Å²) in [6.45, 7) is -0.0831. The van der Waals surface area contributed by atoms with Crippen LogP contribution in [0.3, 0.4) is 0 Å². The van der Waals surface area contributed by atoms with Crippen molar-refractivity contribution < 1.29 is 14.6 Å². The number of aliphatic carboxylic acids is 1. The highest BCUT2D eigenvalue weighted by Gasteiger charge is 2.11. The van der Waals surface area contributed by atoms with Gasteiger partial charge in [-0.25, -0.2) is 0 Å². The van der Waals surface area contributed by atoms with Gasteiger partial charge in [-0.2, -0.15) is 4.98 Å². The highest BCUT2D eigenvalue weighted by atomic mass is 16.5. The fourth-order valence-corrected chi connectivity index (χ4v) is 1.08. The van der Waals surface area contributed by atoms with Crippen molar-refractivity contribution in [1.29, 1.82) is 0 Å². The second-order valence-corrected chi connectivity index (χ2v) is 2.87. The Morgan fingerprint density at radius 1 is 1.69 bits per heavy atom. The SMILES string of the molecule is C#CCN(CC(=O)O)c1cncc(OC)n1. The minimum Gasteiger partial charge on any atom is -0.480 e. The van der Waals surface area contributed by atoms with Gasteiger partial charge in [0, 0.05) is 0 Å². The number of hydrogen-bond acceptors (Lipinski definition) is 5. The van der Waals surface area contributed by atoms with E-state index in [4.69, 9.17) is 16.3 Å². The number of carboxylic acid groups (broad SMARTS) is 1. The van der Waals surface area contributed by atoms with Gasteiger partial charge in [0.25, 0.3) is 0 Å². The van der Waals surface area contributed by atoms with Crippen molar-refractivity contribution in [2.75, 3.05) is 25.1 Å². The van der Waals surface area contributed by atoms with Gasteiger partial charge in [0.05, 0.1) is 26.0 Å². The van der Waals surface area contributed by atoms with Crippen LogP contribution in [0.2, 0.25) is 0 Å². The van der Waals surface area contributed by atoms with Crippen LogP contribution in [0.25, 0.3) is 0 Å².